The number of thioether (sulfide) groups is 1. The second-order valence-electron chi connectivity index (χ2n) is 8.00. The van der Waals surface area contributed by atoms with Crippen molar-refractivity contribution in [2.75, 3.05) is 17.8 Å². The molecular weight excluding hydrogens is 452 g/mol. The molecule has 9 heteroatoms. The van der Waals surface area contributed by atoms with Gasteiger partial charge in [0, 0.05) is 23.3 Å². The maximum Gasteiger partial charge on any atom is 0.337 e. The van der Waals surface area contributed by atoms with E-state index < -0.39 is 12.1 Å². The molecule has 0 bridgehead atoms. The van der Waals surface area contributed by atoms with E-state index in [0.717, 1.165) is 25.0 Å². The molecule has 0 radical (unpaired) electrons. The first-order chi connectivity index (χ1) is 16.5. The number of esters is 1. The van der Waals surface area contributed by atoms with Crippen molar-refractivity contribution in [2.45, 2.75) is 44.4 Å². The van der Waals surface area contributed by atoms with Crippen LogP contribution in [0.3, 0.4) is 0 Å². The van der Waals surface area contributed by atoms with Crippen molar-refractivity contribution < 1.29 is 19.0 Å². The van der Waals surface area contributed by atoms with E-state index in [0.29, 0.717) is 33.2 Å². The number of hydrogen-bond donors (Lipinski definition) is 1. The predicted molar refractivity (Wildman–Crippen MR) is 130 cm³/mol. The normalized spacial score (nSPS) is 14.3. The van der Waals surface area contributed by atoms with Crippen molar-refractivity contribution in [1.29, 1.82) is 0 Å². The minimum Gasteiger partial charge on any atom is -0.465 e. The molecule has 176 valence electrons. The molecule has 0 saturated heterocycles. The van der Waals surface area contributed by atoms with E-state index in [2.05, 4.69) is 11.9 Å². The summed E-state index contributed by atoms with van der Waals surface area (Å²) in [4.78, 5) is 42.7. The van der Waals surface area contributed by atoms with Crippen LogP contribution < -0.4 is 15.1 Å². The summed E-state index contributed by atoms with van der Waals surface area (Å²) in [6.07, 6.45) is 2.55. The number of rotatable bonds is 7. The summed E-state index contributed by atoms with van der Waals surface area (Å²) in [7, 11) is 1.33. The molecule has 0 aliphatic carbocycles. The van der Waals surface area contributed by atoms with E-state index in [1.807, 2.05) is 24.3 Å². The predicted octanol–water partition coefficient (Wildman–Crippen LogP) is 3.71. The van der Waals surface area contributed by atoms with E-state index in [9.17, 15) is 14.4 Å². The molecule has 1 N–H and O–H groups in total. The second-order valence-corrected chi connectivity index (χ2v) is 9.09. The summed E-state index contributed by atoms with van der Waals surface area (Å²) in [5.74, 6) is 0.200. The van der Waals surface area contributed by atoms with Crippen molar-refractivity contribution in [1.82, 2.24) is 10.1 Å². The average Bonchev–Trinajstić information content (AvgIpc) is 2.85. The number of unbranched alkanes of at least 4 members (excludes halogenated alkanes) is 2. The fourth-order valence-electron chi connectivity index (χ4n) is 4.11. The molecule has 0 unspecified atom stereocenters. The molecule has 1 aliphatic rings. The van der Waals surface area contributed by atoms with Crippen LogP contribution in [0, 0.1) is 0 Å². The van der Waals surface area contributed by atoms with Gasteiger partial charge in [-0.3, -0.25) is 14.6 Å². The smallest absolute Gasteiger partial charge is 0.337 e. The maximum absolute atomic E-state index is 13.3. The Balaban J connectivity index is 1.88. The molecule has 8 nitrogen and oxygen atoms in total. The third-order valence-electron chi connectivity index (χ3n) is 5.71. The van der Waals surface area contributed by atoms with Crippen LogP contribution in [0.5, 0.6) is 0 Å². The van der Waals surface area contributed by atoms with E-state index in [1.165, 1.54) is 25.8 Å². The Bertz CT molecular complexity index is 1270. The van der Waals surface area contributed by atoms with Crippen LogP contribution in [-0.4, -0.2) is 34.8 Å². The van der Waals surface area contributed by atoms with Gasteiger partial charge in [0.25, 0.3) is 6.17 Å². The number of anilines is 1. The number of benzene rings is 2. The van der Waals surface area contributed by atoms with E-state index >= 15 is 0 Å². The number of H-pyrrole nitrogens is 1. The first-order valence-electron chi connectivity index (χ1n) is 11.2. The van der Waals surface area contributed by atoms with Gasteiger partial charge in [-0.2, -0.15) is 0 Å². The minimum absolute atomic E-state index is 0.188. The monoisotopic (exact) mass is 479 g/mol. The zero-order chi connectivity index (χ0) is 24.2. The summed E-state index contributed by atoms with van der Waals surface area (Å²) in [6.45, 7) is 3.63. The summed E-state index contributed by atoms with van der Waals surface area (Å²) in [5, 5.41) is 5.28. The average molecular weight is 480 g/mol. The van der Waals surface area contributed by atoms with E-state index in [1.54, 1.807) is 33.8 Å². The second kappa shape index (κ2) is 10.2. The highest BCUT2D eigenvalue weighted by molar-refractivity contribution is 7.99. The van der Waals surface area contributed by atoms with Gasteiger partial charge in [0.15, 0.2) is 0 Å². The number of aromatic nitrogens is 3. The van der Waals surface area contributed by atoms with Gasteiger partial charge in [0.2, 0.25) is 11.1 Å². The van der Waals surface area contributed by atoms with Gasteiger partial charge in [0.1, 0.15) is 0 Å². The van der Waals surface area contributed by atoms with Crippen molar-refractivity contribution in [3.63, 3.8) is 0 Å². The Morgan fingerprint density at radius 3 is 2.56 bits per heavy atom. The van der Waals surface area contributed by atoms with Crippen LogP contribution in [0.1, 0.15) is 55.2 Å². The summed E-state index contributed by atoms with van der Waals surface area (Å²) in [5.41, 5.74) is 2.49. The molecule has 4 rings (SSSR count). The topological polar surface area (TPSA) is 96.2 Å². The van der Waals surface area contributed by atoms with Crippen molar-refractivity contribution in [3.05, 3.63) is 70.0 Å². The number of nitrogens with one attached hydrogen (secondary N) is 1. The summed E-state index contributed by atoms with van der Waals surface area (Å²) >= 11 is 1.49. The van der Waals surface area contributed by atoms with Gasteiger partial charge in [-0.15, -0.1) is 0 Å². The SMILES string of the molecule is CCCCCSc1n[n+]2c(c(=O)[nH]1)-c1ccccc1N(C(C)=O)[C@H]2c1ccc(C(=O)OC)cc1. The Hall–Kier alpha value is -3.46. The molecule has 1 aliphatic heterocycles. The lowest BCUT2D eigenvalue weighted by Gasteiger charge is -2.31. The summed E-state index contributed by atoms with van der Waals surface area (Å²) < 4.78 is 6.42. The van der Waals surface area contributed by atoms with Crippen LogP contribution in [0.25, 0.3) is 11.3 Å². The number of hydrogen-bond acceptors (Lipinski definition) is 6. The van der Waals surface area contributed by atoms with Crippen LogP contribution in [-0.2, 0) is 9.53 Å². The van der Waals surface area contributed by atoms with Gasteiger partial charge in [0.05, 0.1) is 23.9 Å². The largest absolute Gasteiger partial charge is 0.465 e. The van der Waals surface area contributed by atoms with Gasteiger partial charge in [-0.25, -0.2) is 9.69 Å². The number of nitrogens with zero attached hydrogens (tertiary/aromatic N) is 3. The van der Waals surface area contributed by atoms with Crippen molar-refractivity contribution in [3.8, 4) is 11.3 Å². The Morgan fingerprint density at radius 1 is 1.15 bits per heavy atom. The molecule has 0 saturated carbocycles. The molecule has 2 aromatic carbocycles. The molecule has 3 aromatic rings. The molecule has 0 spiro atoms. The van der Waals surface area contributed by atoms with Gasteiger partial charge >= 0.3 is 17.2 Å². The number of amides is 1. The number of methoxy groups -OCH3 is 1. The lowest BCUT2D eigenvalue weighted by atomic mass is 10.0. The standard InChI is InChI=1S/C25H26N4O4S/c1-4-5-8-15-34-25-26-22(31)21-19-9-6-7-10-20(19)28(16(2)30)23(29(21)27-25)17-11-13-18(14-12-17)24(32)33-3/h6-7,9-14,23H,4-5,8,15H2,1-3H3/p+1/t23-/m1/s1. The third-order valence-corrected chi connectivity index (χ3v) is 6.66. The number of fused-ring (bicyclic) bond motifs is 3. The molecule has 34 heavy (non-hydrogen) atoms. The van der Waals surface area contributed by atoms with Crippen LogP contribution >= 0.6 is 11.8 Å². The fourth-order valence-corrected chi connectivity index (χ4v) is 4.96. The van der Waals surface area contributed by atoms with Gasteiger partial charge in [-0.1, -0.05) is 43.7 Å². The molecule has 1 aromatic heterocycles. The van der Waals surface area contributed by atoms with E-state index in [-0.39, 0.29) is 11.5 Å². The van der Waals surface area contributed by atoms with Crippen LogP contribution in [0.4, 0.5) is 5.69 Å². The Labute approximate surface area is 202 Å². The Morgan fingerprint density at radius 2 is 1.88 bits per heavy atom. The highest BCUT2D eigenvalue weighted by Crippen LogP contribution is 2.37. The number of para-hydroxylation sites is 1. The molecule has 0 fully saturated rings. The zero-order valence-corrected chi connectivity index (χ0v) is 20.2. The van der Waals surface area contributed by atoms with Gasteiger partial charge < -0.3 is 4.74 Å². The molecule has 2 heterocycles. The molecule has 1 amide bonds. The van der Waals surface area contributed by atoms with Gasteiger partial charge in [-0.05, 0) is 47.5 Å². The number of carbonyl (C=O) groups is 2. The zero-order valence-electron chi connectivity index (χ0n) is 19.4. The lowest BCUT2D eigenvalue weighted by Crippen LogP contribution is -2.60. The minimum atomic E-state index is -0.689. The maximum atomic E-state index is 13.3. The Kier molecular flexibility index (Phi) is 7.12. The third kappa shape index (κ3) is 4.48. The van der Waals surface area contributed by atoms with Crippen LogP contribution in [0.15, 0.2) is 58.5 Å². The fraction of sp³-hybridized carbons (Fsp3) is 0.320. The number of carbonyl (C=O) groups excluding carboxylic acids is 2. The first-order valence-corrected chi connectivity index (χ1v) is 12.2. The lowest BCUT2D eigenvalue weighted by molar-refractivity contribution is -0.763. The number of aromatic amines is 1. The molecule has 1 atom stereocenters. The van der Waals surface area contributed by atoms with Crippen molar-refractivity contribution >= 4 is 29.3 Å². The summed E-state index contributed by atoms with van der Waals surface area (Å²) in [6, 6.07) is 14.1. The number of ether oxygens (including phenoxy) is 1. The van der Waals surface area contributed by atoms with E-state index in [4.69, 9.17) is 9.84 Å². The highest BCUT2D eigenvalue weighted by atomic mass is 32.2. The van der Waals surface area contributed by atoms with Crippen molar-refractivity contribution in [2.24, 2.45) is 0 Å². The molecular formula is C25H27N4O4S+. The van der Waals surface area contributed by atoms with Crippen LogP contribution in [0.2, 0.25) is 0 Å². The quantitative estimate of drug-likeness (QED) is 0.240. The first kappa shape index (κ1) is 23.7. The highest BCUT2D eigenvalue weighted by Gasteiger charge is 2.44.